The minimum Gasteiger partial charge on any atom is -0.261 e. The minimum absolute atomic E-state index is 0.0971. The lowest BCUT2D eigenvalue weighted by molar-refractivity contribution is -0.384. The molecule has 0 radical (unpaired) electrons. The molecule has 2 aromatic rings. The van der Waals surface area contributed by atoms with Crippen LogP contribution in [-0.4, -0.2) is 16.1 Å². The molecule has 0 aliphatic heterocycles. The Bertz CT molecular complexity index is 616. The molecule has 0 saturated heterocycles. The standard InChI is InChI=1S/C12H9ClN4O2/c13-10-5-4-9(7-11(10)17(18)19)8-15-16-12-3-1-2-6-14-12/h1-8H,(H,14,16)/b15-8+. The van der Waals surface area contributed by atoms with Crippen LogP contribution in [0.15, 0.2) is 47.7 Å². The average Bonchev–Trinajstić information content (AvgIpc) is 2.41. The molecule has 0 unspecified atom stereocenters. The van der Waals surface area contributed by atoms with Gasteiger partial charge in [0.2, 0.25) is 0 Å². The number of hydrazone groups is 1. The summed E-state index contributed by atoms with van der Waals surface area (Å²) in [5.41, 5.74) is 3.13. The summed E-state index contributed by atoms with van der Waals surface area (Å²) in [6.07, 6.45) is 3.09. The third-order valence-electron chi connectivity index (χ3n) is 2.22. The van der Waals surface area contributed by atoms with Crippen molar-refractivity contribution < 1.29 is 4.92 Å². The van der Waals surface area contributed by atoms with E-state index < -0.39 is 4.92 Å². The Kier molecular flexibility index (Phi) is 4.04. The monoisotopic (exact) mass is 276 g/mol. The third kappa shape index (κ3) is 3.49. The zero-order chi connectivity index (χ0) is 13.7. The van der Waals surface area contributed by atoms with E-state index in [0.717, 1.165) is 0 Å². The van der Waals surface area contributed by atoms with E-state index in [1.54, 1.807) is 24.4 Å². The summed E-state index contributed by atoms with van der Waals surface area (Å²) >= 11 is 5.71. The van der Waals surface area contributed by atoms with Gasteiger partial charge < -0.3 is 0 Å². The van der Waals surface area contributed by atoms with Crippen LogP contribution in [0, 0.1) is 10.1 Å². The van der Waals surface area contributed by atoms with E-state index in [2.05, 4.69) is 15.5 Å². The molecule has 1 aromatic heterocycles. The number of pyridine rings is 1. The number of nitro groups is 1. The zero-order valence-corrected chi connectivity index (χ0v) is 10.4. The summed E-state index contributed by atoms with van der Waals surface area (Å²) < 4.78 is 0. The van der Waals surface area contributed by atoms with Gasteiger partial charge in [-0.25, -0.2) is 4.98 Å². The molecule has 0 saturated carbocycles. The van der Waals surface area contributed by atoms with Crippen molar-refractivity contribution in [2.45, 2.75) is 0 Å². The first-order valence-corrected chi connectivity index (χ1v) is 5.68. The molecule has 7 heteroatoms. The van der Waals surface area contributed by atoms with E-state index in [9.17, 15) is 10.1 Å². The number of anilines is 1. The van der Waals surface area contributed by atoms with Gasteiger partial charge in [-0.1, -0.05) is 23.7 Å². The highest BCUT2D eigenvalue weighted by Crippen LogP contribution is 2.24. The molecular weight excluding hydrogens is 268 g/mol. The second kappa shape index (κ2) is 5.92. The minimum atomic E-state index is -0.536. The molecule has 1 aromatic carbocycles. The van der Waals surface area contributed by atoms with Crippen LogP contribution >= 0.6 is 11.6 Å². The van der Waals surface area contributed by atoms with Crippen molar-refractivity contribution in [2.75, 3.05) is 5.43 Å². The fourth-order valence-corrected chi connectivity index (χ4v) is 1.54. The first-order chi connectivity index (χ1) is 9.16. The molecule has 6 nitrogen and oxygen atoms in total. The van der Waals surface area contributed by atoms with Crippen LogP contribution in [0.5, 0.6) is 0 Å². The fraction of sp³-hybridized carbons (Fsp3) is 0. The Morgan fingerprint density at radius 1 is 1.37 bits per heavy atom. The van der Waals surface area contributed by atoms with Crippen molar-refractivity contribution in [3.05, 3.63) is 63.3 Å². The van der Waals surface area contributed by atoms with E-state index in [0.29, 0.717) is 11.4 Å². The lowest BCUT2D eigenvalue weighted by Crippen LogP contribution is -1.94. The van der Waals surface area contributed by atoms with Gasteiger partial charge in [0, 0.05) is 17.8 Å². The Hall–Kier alpha value is -2.47. The van der Waals surface area contributed by atoms with Crippen molar-refractivity contribution in [3.8, 4) is 0 Å². The molecule has 2 rings (SSSR count). The molecule has 0 aliphatic rings. The molecule has 0 spiro atoms. The van der Waals surface area contributed by atoms with E-state index in [-0.39, 0.29) is 10.7 Å². The lowest BCUT2D eigenvalue weighted by atomic mass is 10.2. The first kappa shape index (κ1) is 13.0. The van der Waals surface area contributed by atoms with Crippen molar-refractivity contribution in [3.63, 3.8) is 0 Å². The maximum atomic E-state index is 10.7. The Morgan fingerprint density at radius 3 is 2.89 bits per heavy atom. The third-order valence-corrected chi connectivity index (χ3v) is 2.54. The number of nitrogens with zero attached hydrogens (tertiary/aromatic N) is 3. The predicted octanol–water partition coefficient (Wildman–Crippen LogP) is 3.09. The molecule has 19 heavy (non-hydrogen) atoms. The number of aromatic nitrogens is 1. The molecule has 0 atom stereocenters. The van der Waals surface area contributed by atoms with E-state index >= 15 is 0 Å². The summed E-state index contributed by atoms with van der Waals surface area (Å²) in [5.74, 6) is 0.585. The Balaban J connectivity index is 2.11. The molecule has 0 bridgehead atoms. The highest BCUT2D eigenvalue weighted by molar-refractivity contribution is 6.32. The van der Waals surface area contributed by atoms with Crippen molar-refractivity contribution >= 4 is 29.3 Å². The second-order valence-electron chi connectivity index (χ2n) is 3.55. The van der Waals surface area contributed by atoms with Crippen molar-refractivity contribution in [2.24, 2.45) is 5.10 Å². The molecular formula is C12H9ClN4O2. The summed E-state index contributed by atoms with van der Waals surface area (Å²) in [4.78, 5) is 14.2. The number of halogens is 1. The predicted molar refractivity (Wildman–Crippen MR) is 73.6 cm³/mol. The summed E-state index contributed by atoms with van der Waals surface area (Å²) in [6.45, 7) is 0. The molecule has 0 fully saturated rings. The van der Waals surface area contributed by atoms with Gasteiger partial charge in [0.1, 0.15) is 10.8 Å². The van der Waals surface area contributed by atoms with Crippen LogP contribution in [0.25, 0.3) is 0 Å². The second-order valence-corrected chi connectivity index (χ2v) is 3.96. The summed E-state index contributed by atoms with van der Waals surface area (Å²) in [6, 6.07) is 9.81. The Labute approximate surface area is 113 Å². The quantitative estimate of drug-likeness (QED) is 0.528. The maximum Gasteiger partial charge on any atom is 0.288 e. The van der Waals surface area contributed by atoms with Gasteiger partial charge in [-0.15, -0.1) is 0 Å². The van der Waals surface area contributed by atoms with Gasteiger partial charge in [-0.05, 0) is 18.2 Å². The normalized spacial score (nSPS) is 10.6. The van der Waals surface area contributed by atoms with Gasteiger partial charge >= 0.3 is 0 Å². The molecule has 0 aliphatic carbocycles. The van der Waals surface area contributed by atoms with Gasteiger partial charge in [0.25, 0.3) is 5.69 Å². The summed E-state index contributed by atoms with van der Waals surface area (Å²) in [7, 11) is 0. The average molecular weight is 277 g/mol. The molecule has 96 valence electrons. The highest BCUT2D eigenvalue weighted by atomic mass is 35.5. The highest BCUT2D eigenvalue weighted by Gasteiger charge is 2.11. The van der Waals surface area contributed by atoms with Crippen molar-refractivity contribution in [1.29, 1.82) is 0 Å². The maximum absolute atomic E-state index is 10.7. The van der Waals surface area contributed by atoms with Gasteiger partial charge in [0.15, 0.2) is 0 Å². The number of rotatable bonds is 4. The smallest absolute Gasteiger partial charge is 0.261 e. The van der Waals surface area contributed by atoms with Gasteiger partial charge in [-0.2, -0.15) is 5.10 Å². The molecule has 1 heterocycles. The van der Waals surface area contributed by atoms with Crippen LogP contribution < -0.4 is 5.43 Å². The topological polar surface area (TPSA) is 80.4 Å². The SMILES string of the molecule is O=[N+]([O-])c1cc(/C=N/Nc2ccccn2)ccc1Cl. The number of nitro benzene ring substituents is 1. The van der Waals surface area contributed by atoms with E-state index in [1.807, 2.05) is 6.07 Å². The van der Waals surface area contributed by atoms with Crippen LogP contribution in [0.1, 0.15) is 5.56 Å². The number of nitrogens with one attached hydrogen (secondary N) is 1. The fourth-order valence-electron chi connectivity index (χ4n) is 1.35. The zero-order valence-electron chi connectivity index (χ0n) is 9.65. The molecule has 1 N–H and O–H groups in total. The number of hydrogen-bond acceptors (Lipinski definition) is 5. The van der Waals surface area contributed by atoms with Gasteiger partial charge in [0.05, 0.1) is 11.1 Å². The number of hydrogen-bond donors (Lipinski definition) is 1. The Morgan fingerprint density at radius 2 is 2.21 bits per heavy atom. The van der Waals surface area contributed by atoms with E-state index in [1.165, 1.54) is 18.3 Å². The van der Waals surface area contributed by atoms with Crippen LogP contribution in [0.4, 0.5) is 11.5 Å². The first-order valence-electron chi connectivity index (χ1n) is 5.31. The molecule has 0 amide bonds. The number of benzene rings is 1. The van der Waals surface area contributed by atoms with Gasteiger partial charge in [-0.3, -0.25) is 15.5 Å². The largest absolute Gasteiger partial charge is 0.288 e. The van der Waals surface area contributed by atoms with Crippen LogP contribution in [-0.2, 0) is 0 Å². The lowest BCUT2D eigenvalue weighted by Gasteiger charge is -1.98. The van der Waals surface area contributed by atoms with Crippen LogP contribution in [0.2, 0.25) is 5.02 Å². The van der Waals surface area contributed by atoms with Crippen molar-refractivity contribution in [1.82, 2.24) is 4.98 Å². The summed E-state index contributed by atoms with van der Waals surface area (Å²) in [5, 5.41) is 14.8. The van der Waals surface area contributed by atoms with E-state index in [4.69, 9.17) is 11.6 Å². The van der Waals surface area contributed by atoms with Crippen LogP contribution in [0.3, 0.4) is 0 Å².